The van der Waals surface area contributed by atoms with E-state index in [0.717, 1.165) is 16.6 Å². The summed E-state index contributed by atoms with van der Waals surface area (Å²) in [4.78, 5) is 4.24. The van der Waals surface area contributed by atoms with Gasteiger partial charge in [-0.25, -0.2) is 4.39 Å². The lowest BCUT2D eigenvalue weighted by Crippen LogP contribution is -1.96. The molecule has 3 aromatic rings. The van der Waals surface area contributed by atoms with Crippen molar-refractivity contribution < 1.29 is 4.39 Å². The Balaban J connectivity index is 2.09. The average molecular weight is 288 g/mol. The van der Waals surface area contributed by atoms with Gasteiger partial charge in [-0.05, 0) is 36.4 Å². The molecule has 0 radical (unpaired) electrons. The van der Waals surface area contributed by atoms with Gasteiger partial charge >= 0.3 is 0 Å². The molecule has 20 heavy (non-hydrogen) atoms. The maximum Gasteiger partial charge on any atom is 0.165 e. The first-order chi connectivity index (χ1) is 9.65. The number of nitrogens with two attached hydrogens (primary N) is 1. The fourth-order valence-electron chi connectivity index (χ4n) is 2.02. The standard InChI is InChI=1S/C15H11ClFN3/c16-11-2-1-3-13(15(11)17)20-12-6-7-19-14-8-9(18)4-5-10(12)14/h1-8H,18H2,(H,19,20). The molecule has 0 aliphatic heterocycles. The van der Waals surface area contributed by atoms with E-state index >= 15 is 0 Å². The number of pyridine rings is 1. The lowest BCUT2D eigenvalue weighted by molar-refractivity contribution is 0.632. The normalized spacial score (nSPS) is 10.7. The first-order valence-corrected chi connectivity index (χ1v) is 6.38. The SMILES string of the molecule is Nc1ccc2c(Nc3cccc(Cl)c3F)ccnc2c1. The molecule has 0 bridgehead atoms. The molecule has 3 nitrogen and oxygen atoms in total. The van der Waals surface area contributed by atoms with E-state index < -0.39 is 5.82 Å². The zero-order valence-electron chi connectivity index (χ0n) is 10.4. The Morgan fingerprint density at radius 3 is 2.80 bits per heavy atom. The van der Waals surface area contributed by atoms with Gasteiger partial charge in [0.2, 0.25) is 0 Å². The molecule has 0 aliphatic rings. The van der Waals surface area contributed by atoms with Crippen LogP contribution in [0.4, 0.5) is 21.5 Å². The number of hydrogen-bond donors (Lipinski definition) is 2. The molecule has 2 aromatic carbocycles. The van der Waals surface area contributed by atoms with Crippen LogP contribution in [-0.4, -0.2) is 4.98 Å². The van der Waals surface area contributed by atoms with Crippen LogP contribution in [0.2, 0.25) is 5.02 Å². The Kier molecular flexibility index (Phi) is 3.16. The van der Waals surface area contributed by atoms with Gasteiger partial charge in [0.05, 0.1) is 16.2 Å². The molecule has 5 heteroatoms. The van der Waals surface area contributed by atoms with Crippen LogP contribution in [0.5, 0.6) is 0 Å². The van der Waals surface area contributed by atoms with Crippen molar-refractivity contribution in [2.45, 2.75) is 0 Å². The van der Waals surface area contributed by atoms with E-state index in [1.54, 1.807) is 36.5 Å². The number of aromatic nitrogens is 1. The lowest BCUT2D eigenvalue weighted by Gasteiger charge is -2.11. The number of nitrogens with one attached hydrogen (secondary N) is 1. The summed E-state index contributed by atoms with van der Waals surface area (Å²) < 4.78 is 13.9. The molecule has 0 spiro atoms. The molecule has 1 aromatic heterocycles. The summed E-state index contributed by atoms with van der Waals surface area (Å²) in [7, 11) is 0. The molecule has 1 heterocycles. The molecular weight excluding hydrogens is 277 g/mol. The Hall–Kier alpha value is -2.33. The van der Waals surface area contributed by atoms with Gasteiger partial charge in [0, 0.05) is 23.0 Å². The summed E-state index contributed by atoms with van der Waals surface area (Å²) in [6.07, 6.45) is 1.65. The van der Waals surface area contributed by atoms with Gasteiger partial charge in [-0.15, -0.1) is 0 Å². The highest BCUT2D eigenvalue weighted by Crippen LogP contribution is 2.29. The molecule has 3 rings (SSSR count). The van der Waals surface area contributed by atoms with E-state index in [4.69, 9.17) is 17.3 Å². The minimum absolute atomic E-state index is 0.0811. The van der Waals surface area contributed by atoms with Crippen LogP contribution in [0.1, 0.15) is 0 Å². The molecule has 0 fully saturated rings. The fourth-order valence-corrected chi connectivity index (χ4v) is 2.19. The van der Waals surface area contributed by atoms with Gasteiger partial charge in [-0.1, -0.05) is 17.7 Å². The minimum atomic E-state index is -0.477. The molecule has 0 saturated heterocycles. The number of nitrogens with zero attached hydrogens (tertiary/aromatic N) is 1. The van der Waals surface area contributed by atoms with E-state index in [1.165, 1.54) is 6.07 Å². The largest absolute Gasteiger partial charge is 0.399 e. The summed E-state index contributed by atoms with van der Waals surface area (Å²) in [6, 6.07) is 12.0. The van der Waals surface area contributed by atoms with Gasteiger partial charge in [-0.3, -0.25) is 4.98 Å². The molecule has 0 amide bonds. The van der Waals surface area contributed by atoms with Crippen molar-refractivity contribution in [3.63, 3.8) is 0 Å². The second-order valence-corrected chi connectivity index (χ2v) is 4.77. The minimum Gasteiger partial charge on any atom is -0.399 e. The molecule has 0 atom stereocenters. The Bertz CT molecular complexity index is 789. The van der Waals surface area contributed by atoms with Crippen LogP contribution in [0.15, 0.2) is 48.7 Å². The monoisotopic (exact) mass is 287 g/mol. The van der Waals surface area contributed by atoms with Gasteiger partial charge < -0.3 is 11.1 Å². The highest BCUT2D eigenvalue weighted by atomic mass is 35.5. The zero-order valence-corrected chi connectivity index (χ0v) is 11.2. The summed E-state index contributed by atoms with van der Waals surface area (Å²) in [5, 5.41) is 3.98. The Morgan fingerprint density at radius 2 is 1.95 bits per heavy atom. The molecule has 3 N–H and O–H groups in total. The quantitative estimate of drug-likeness (QED) is 0.689. The number of hydrogen-bond acceptors (Lipinski definition) is 3. The van der Waals surface area contributed by atoms with Crippen LogP contribution in [0, 0.1) is 5.82 Å². The smallest absolute Gasteiger partial charge is 0.165 e. The van der Waals surface area contributed by atoms with Crippen molar-refractivity contribution in [2.24, 2.45) is 0 Å². The van der Waals surface area contributed by atoms with Gasteiger partial charge in [0.1, 0.15) is 0 Å². The maximum absolute atomic E-state index is 13.9. The Labute approximate surface area is 120 Å². The molecule has 0 unspecified atom stereocenters. The molecular formula is C15H11ClFN3. The number of anilines is 3. The first kappa shape index (κ1) is 12.7. The summed E-state index contributed by atoms with van der Waals surface area (Å²) in [5.41, 5.74) is 8.18. The van der Waals surface area contributed by atoms with Crippen molar-refractivity contribution in [1.29, 1.82) is 0 Å². The lowest BCUT2D eigenvalue weighted by atomic mass is 10.1. The predicted molar refractivity (Wildman–Crippen MR) is 80.8 cm³/mol. The first-order valence-electron chi connectivity index (χ1n) is 6.00. The summed E-state index contributed by atoms with van der Waals surface area (Å²) in [5.74, 6) is -0.477. The van der Waals surface area contributed by atoms with Crippen molar-refractivity contribution >= 4 is 39.6 Å². The molecule has 0 saturated carbocycles. The number of nitrogen functional groups attached to an aromatic ring is 1. The van der Waals surface area contributed by atoms with E-state index in [1.807, 2.05) is 6.07 Å². The van der Waals surface area contributed by atoms with Crippen molar-refractivity contribution in [1.82, 2.24) is 4.98 Å². The van der Waals surface area contributed by atoms with Gasteiger partial charge in [-0.2, -0.15) is 0 Å². The summed E-state index contributed by atoms with van der Waals surface area (Å²) >= 11 is 5.78. The molecule has 100 valence electrons. The number of halogens is 2. The summed E-state index contributed by atoms with van der Waals surface area (Å²) in [6.45, 7) is 0. The van der Waals surface area contributed by atoms with Crippen LogP contribution in [0.25, 0.3) is 10.9 Å². The van der Waals surface area contributed by atoms with Crippen molar-refractivity contribution in [3.05, 3.63) is 59.5 Å². The highest BCUT2D eigenvalue weighted by Gasteiger charge is 2.08. The van der Waals surface area contributed by atoms with E-state index in [9.17, 15) is 4.39 Å². The fraction of sp³-hybridized carbons (Fsp3) is 0. The highest BCUT2D eigenvalue weighted by molar-refractivity contribution is 6.31. The number of rotatable bonds is 2. The van der Waals surface area contributed by atoms with E-state index in [2.05, 4.69) is 10.3 Å². The van der Waals surface area contributed by atoms with E-state index in [-0.39, 0.29) is 5.02 Å². The van der Waals surface area contributed by atoms with Crippen LogP contribution in [0.3, 0.4) is 0 Å². The number of fused-ring (bicyclic) bond motifs is 1. The third kappa shape index (κ3) is 2.26. The third-order valence-corrected chi connectivity index (χ3v) is 3.28. The second-order valence-electron chi connectivity index (χ2n) is 4.36. The number of benzene rings is 2. The molecule has 0 aliphatic carbocycles. The van der Waals surface area contributed by atoms with Crippen LogP contribution in [-0.2, 0) is 0 Å². The Morgan fingerprint density at radius 1 is 1.10 bits per heavy atom. The van der Waals surface area contributed by atoms with Crippen LogP contribution < -0.4 is 11.1 Å². The van der Waals surface area contributed by atoms with Crippen molar-refractivity contribution in [3.8, 4) is 0 Å². The van der Waals surface area contributed by atoms with Crippen molar-refractivity contribution in [2.75, 3.05) is 11.1 Å². The zero-order chi connectivity index (χ0) is 14.1. The van der Waals surface area contributed by atoms with Crippen LogP contribution >= 0.6 is 11.6 Å². The van der Waals surface area contributed by atoms with Gasteiger partial charge in [0.15, 0.2) is 5.82 Å². The van der Waals surface area contributed by atoms with E-state index in [0.29, 0.717) is 11.4 Å². The predicted octanol–water partition coefficient (Wildman–Crippen LogP) is 4.35. The third-order valence-electron chi connectivity index (χ3n) is 2.99. The second kappa shape index (κ2) is 4.98. The topological polar surface area (TPSA) is 50.9 Å². The average Bonchev–Trinajstić information content (AvgIpc) is 2.44. The van der Waals surface area contributed by atoms with Gasteiger partial charge in [0.25, 0.3) is 0 Å². The maximum atomic E-state index is 13.9.